The van der Waals surface area contributed by atoms with Crippen molar-refractivity contribution in [1.29, 1.82) is 0 Å². The van der Waals surface area contributed by atoms with E-state index < -0.39 is 0 Å². The minimum absolute atomic E-state index is 0.312. The Hall–Kier alpha value is -0.210. The molecule has 10 heavy (non-hydrogen) atoms. The van der Waals surface area contributed by atoms with E-state index in [1.807, 2.05) is 18.4 Å². The fraction of sp³-hybridized carbons (Fsp3) is 0.500. The van der Waals surface area contributed by atoms with Crippen molar-refractivity contribution in [3.63, 3.8) is 0 Å². The average molecular weight is 179 g/mol. The lowest BCUT2D eigenvalue weighted by Crippen LogP contribution is -1.97. The molecule has 0 aromatic carbocycles. The van der Waals surface area contributed by atoms with Gasteiger partial charge in [-0.3, -0.25) is 0 Å². The molecule has 0 radical (unpaired) electrons. The molecule has 0 amide bonds. The van der Waals surface area contributed by atoms with Gasteiger partial charge in [-0.05, 0) is 13.8 Å². The van der Waals surface area contributed by atoms with E-state index in [-0.39, 0.29) is 0 Å². The maximum Gasteiger partial charge on any atom is 0.166 e. The van der Waals surface area contributed by atoms with Crippen LogP contribution in [0.1, 0.15) is 19.9 Å². The summed E-state index contributed by atoms with van der Waals surface area (Å²) in [7, 11) is 0. The van der Waals surface area contributed by atoms with Crippen molar-refractivity contribution in [2.75, 3.05) is 0 Å². The third-order valence-electron chi connectivity index (χ3n) is 1.25. The number of hydrogen-bond donors (Lipinski definition) is 0. The fourth-order valence-corrected chi connectivity index (χ4v) is 1.11. The molecule has 56 valence electrons. The van der Waals surface area contributed by atoms with E-state index in [9.17, 15) is 0 Å². The van der Waals surface area contributed by atoms with Crippen LogP contribution < -0.4 is 0 Å². The average Bonchev–Trinajstić information content (AvgIpc) is 2.14. The molecule has 0 fully saturated rings. The van der Waals surface area contributed by atoms with Crippen molar-refractivity contribution >= 4 is 23.2 Å². The van der Waals surface area contributed by atoms with Gasteiger partial charge in [-0.25, -0.2) is 4.98 Å². The zero-order chi connectivity index (χ0) is 7.72. The zero-order valence-corrected chi connectivity index (χ0v) is 7.32. The van der Waals surface area contributed by atoms with E-state index in [1.165, 1.54) is 0 Å². The van der Waals surface area contributed by atoms with Crippen LogP contribution in [0.3, 0.4) is 0 Å². The molecule has 0 bridgehead atoms. The van der Waals surface area contributed by atoms with E-state index >= 15 is 0 Å². The van der Waals surface area contributed by atoms with Gasteiger partial charge >= 0.3 is 0 Å². The first-order valence-corrected chi connectivity index (χ1v) is 3.76. The molecular formula is C6H8Cl2N2. The van der Waals surface area contributed by atoms with E-state index in [1.54, 1.807) is 6.33 Å². The molecule has 0 spiro atoms. The molecule has 0 saturated heterocycles. The summed E-state index contributed by atoms with van der Waals surface area (Å²) < 4.78 is 1.81. The lowest BCUT2D eigenvalue weighted by atomic mass is 10.4. The zero-order valence-electron chi connectivity index (χ0n) is 5.81. The summed E-state index contributed by atoms with van der Waals surface area (Å²) in [6.07, 6.45) is 1.63. The van der Waals surface area contributed by atoms with Gasteiger partial charge in [-0.1, -0.05) is 23.2 Å². The quantitative estimate of drug-likeness (QED) is 0.648. The Morgan fingerprint density at radius 2 is 2.10 bits per heavy atom. The van der Waals surface area contributed by atoms with Crippen molar-refractivity contribution in [2.45, 2.75) is 19.9 Å². The highest BCUT2D eigenvalue weighted by atomic mass is 35.5. The maximum absolute atomic E-state index is 5.77. The second-order valence-electron chi connectivity index (χ2n) is 2.33. The molecule has 0 N–H and O–H groups in total. The van der Waals surface area contributed by atoms with Gasteiger partial charge in [0.15, 0.2) is 5.15 Å². The lowest BCUT2D eigenvalue weighted by Gasteiger charge is -2.05. The van der Waals surface area contributed by atoms with Gasteiger partial charge in [0.1, 0.15) is 5.15 Å². The van der Waals surface area contributed by atoms with Crippen LogP contribution in [0, 0.1) is 0 Å². The Kier molecular flexibility index (Phi) is 2.21. The second-order valence-corrected chi connectivity index (χ2v) is 3.04. The SMILES string of the molecule is CC(C)n1cnc(Cl)c1Cl. The largest absolute Gasteiger partial charge is 0.318 e. The van der Waals surface area contributed by atoms with E-state index in [2.05, 4.69) is 4.98 Å². The highest BCUT2D eigenvalue weighted by molar-refractivity contribution is 6.40. The van der Waals surface area contributed by atoms with Crippen molar-refractivity contribution in [3.8, 4) is 0 Å². The summed E-state index contributed by atoms with van der Waals surface area (Å²) in [6, 6.07) is 0.312. The molecule has 0 aliphatic rings. The molecule has 1 rings (SSSR count). The van der Waals surface area contributed by atoms with E-state index in [0.717, 1.165) is 0 Å². The Morgan fingerprint density at radius 1 is 1.50 bits per heavy atom. The standard InChI is InChI=1S/C6H8Cl2N2/c1-4(2)10-3-9-5(7)6(10)8/h3-4H,1-2H3. The predicted octanol–water partition coefficient (Wildman–Crippen LogP) is 2.77. The van der Waals surface area contributed by atoms with Crippen LogP contribution in [0.5, 0.6) is 0 Å². The van der Waals surface area contributed by atoms with Crippen LogP contribution in [-0.2, 0) is 0 Å². The van der Waals surface area contributed by atoms with Gasteiger partial charge in [0, 0.05) is 6.04 Å². The molecule has 0 aliphatic carbocycles. The van der Waals surface area contributed by atoms with Gasteiger partial charge in [-0.15, -0.1) is 0 Å². The van der Waals surface area contributed by atoms with E-state index in [4.69, 9.17) is 23.2 Å². The van der Waals surface area contributed by atoms with Gasteiger partial charge in [0.05, 0.1) is 6.33 Å². The Morgan fingerprint density at radius 3 is 2.30 bits per heavy atom. The monoisotopic (exact) mass is 178 g/mol. The van der Waals surface area contributed by atoms with E-state index in [0.29, 0.717) is 16.3 Å². The lowest BCUT2D eigenvalue weighted by molar-refractivity contribution is 0.600. The normalized spacial score (nSPS) is 10.9. The van der Waals surface area contributed by atoms with Crippen LogP contribution in [0.25, 0.3) is 0 Å². The first kappa shape index (κ1) is 7.89. The fourth-order valence-electron chi connectivity index (χ4n) is 0.683. The molecule has 1 aromatic rings. The maximum atomic E-state index is 5.77. The number of rotatable bonds is 1. The van der Waals surface area contributed by atoms with Gasteiger partial charge in [0.2, 0.25) is 0 Å². The first-order chi connectivity index (χ1) is 4.63. The molecule has 1 heterocycles. The number of halogens is 2. The van der Waals surface area contributed by atoms with Crippen molar-refractivity contribution < 1.29 is 0 Å². The van der Waals surface area contributed by atoms with Gasteiger partial charge in [0.25, 0.3) is 0 Å². The number of imidazole rings is 1. The number of aromatic nitrogens is 2. The summed E-state index contributed by atoms with van der Waals surface area (Å²) >= 11 is 11.4. The molecule has 0 saturated carbocycles. The smallest absolute Gasteiger partial charge is 0.166 e. The third kappa shape index (κ3) is 1.27. The summed E-state index contributed by atoms with van der Waals surface area (Å²) in [5.74, 6) is 0. The molecule has 0 aliphatic heterocycles. The summed E-state index contributed by atoms with van der Waals surface area (Å²) in [5.41, 5.74) is 0. The summed E-state index contributed by atoms with van der Waals surface area (Å²) in [6.45, 7) is 4.04. The molecule has 2 nitrogen and oxygen atoms in total. The van der Waals surface area contributed by atoms with Crippen molar-refractivity contribution in [3.05, 3.63) is 16.6 Å². The Bertz CT molecular complexity index is 230. The molecule has 4 heteroatoms. The van der Waals surface area contributed by atoms with Crippen molar-refractivity contribution in [1.82, 2.24) is 9.55 Å². The number of hydrogen-bond acceptors (Lipinski definition) is 1. The highest BCUT2D eigenvalue weighted by Crippen LogP contribution is 2.22. The van der Waals surface area contributed by atoms with Gasteiger partial charge < -0.3 is 4.57 Å². The van der Waals surface area contributed by atoms with Crippen LogP contribution in [-0.4, -0.2) is 9.55 Å². The first-order valence-electron chi connectivity index (χ1n) is 3.00. The minimum Gasteiger partial charge on any atom is -0.318 e. The second kappa shape index (κ2) is 2.81. The van der Waals surface area contributed by atoms with Gasteiger partial charge in [-0.2, -0.15) is 0 Å². The van der Waals surface area contributed by atoms with Crippen molar-refractivity contribution in [2.24, 2.45) is 0 Å². The van der Waals surface area contributed by atoms with Crippen LogP contribution >= 0.6 is 23.2 Å². The molecule has 1 aromatic heterocycles. The Labute approximate surface area is 69.8 Å². The minimum atomic E-state index is 0.312. The topological polar surface area (TPSA) is 17.8 Å². The third-order valence-corrected chi connectivity index (χ3v) is 2.00. The molecular weight excluding hydrogens is 171 g/mol. The summed E-state index contributed by atoms with van der Waals surface area (Å²) in [4.78, 5) is 3.83. The predicted molar refractivity (Wildman–Crippen MR) is 42.6 cm³/mol. The highest BCUT2D eigenvalue weighted by Gasteiger charge is 2.07. The van der Waals surface area contributed by atoms with Crippen LogP contribution in [0.4, 0.5) is 0 Å². The number of nitrogens with zero attached hydrogens (tertiary/aromatic N) is 2. The van der Waals surface area contributed by atoms with Crippen LogP contribution in [0.15, 0.2) is 6.33 Å². The van der Waals surface area contributed by atoms with Crippen LogP contribution in [0.2, 0.25) is 10.3 Å². The summed E-state index contributed by atoms with van der Waals surface area (Å²) in [5, 5.41) is 0.882. The molecule has 0 unspecified atom stereocenters. The Balaban J connectivity index is 3.05. The molecule has 0 atom stereocenters.